The van der Waals surface area contributed by atoms with Crippen LogP contribution in [0.1, 0.15) is 27.7 Å². The summed E-state index contributed by atoms with van der Waals surface area (Å²) >= 11 is 0. The molecule has 0 radical (unpaired) electrons. The van der Waals surface area contributed by atoms with Gasteiger partial charge < -0.3 is 5.11 Å². The first-order chi connectivity index (χ1) is 5.36. The number of allylic oxidation sites excluding steroid dienone is 3. The molecule has 0 unspecified atom stereocenters. The molecule has 2 heteroatoms. The fourth-order valence-electron chi connectivity index (χ4n) is 1.36. The van der Waals surface area contributed by atoms with Crippen LogP contribution in [0.3, 0.4) is 0 Å². The minimum atomic E-state index is -0.244. The van der Waals surface area contributed by atoms with E-state index in [9.17, 15) is 9.90 Å². The summed E-state index contributed by atoms with van der Waals surface area (Å²) in [6.45, 7) is 7.64. The van der Waals surface area contributed by atoms with Gasteiger partial charge in [0, 0.05) is 11.0 Å². The number of aliphatic hydroxyl groups is 1. The second kappa shape index (κ2) is 2.47. The summed E-state index contributed by atoms with van der Waals surface area (Å²) in [6.07, 6.45) is 1.61. The molecule has 2 nitrogen and oxygen atoms in total. The van der Waals surface area contributed by atoms with E-state index < -0.39 is 0 Å². The van der Waals surface area contributed by atoms with E-state index in [0.717, 1.165) is 5.57 Å². The maximum Gasteiger partial charge on any atom is 0.222 e. The zero-order valence-corrected chi connectivity index (χ0v) is 7.93. The van der Waals surface area contributed by atoms with Gasteiger partial charge in [-0.05, 0) is 19.9 Å². The zero-order valence-electron chi connectivity index (χ0n) is 7.93. The molecular formula is C10H14O2. The molecule has 0 amide bonds. The Bertz CT molecular complexity index is 293. The lowest BCUT2D eigenvalue weighted by Gasteiger charge is -2.27. The maximum absolute atomic E-state index is 11.2. The lowest BCUT2D eigenvalue weighted by atomic mass is 9.77. The highest BCUT2D eigenvalue weighted by Gasteiger charge is 2.29. The predicted molar refractivity (Wildman–Crippen MR) is 47.9 cm³/mol. The molecule has 0 saturated carbocycles. The third-order valence-electron chi connectivity index (χ3n) is 2.60. The molecule has 0 aromatic carbocycles. The fraction of sp³-hybridized carbons (Fsp3) is 0.500. The molecule has 0 atom stereocenters. The lowest BCUT2D eigenvalue weighted by Crippen LogP contribution is -2.22. The van der Waals surface area contributed by atoms with Crippen LogP contribution in [0, 0.1) is 5.41 Å². The van der Waals surface area contributed by atoms with Crippen LogP contribution in [0.4, 0.5) is 0 Å². The third-order valence-corrected chi connectivity index (χ3v) is 2.60. The van der Waals surface area contributed by atoms with E-state index >= 15 is 0 Å². The van der Waals surface area contributed by atoms with E-state index in [0.29, 0.717) is 5.57 Å². The minimum absolute atomic E-state index is 0.122. The second-order valence-electron chi connectivity index (χ2n) is 3.83. The number of ketones is 1. The van der Waals surface area contributed by atoms with Crippen LogP contribution in [-0.2, 0) is 4.79 Å². The number of carbonyl (C=O) groups is 1. The summed E-state index contributed by atoms with van der Waals surface area (Å²) in [6, 6.07) is 0. The Morgan fingerprint density at radius 2 is 1.83 bits per heavy atom. The van der Waals surface area contributed by atoms with Gasteiger partial charge in [0.1, 0.15) is 0 Å². The molecule has 0 spiro atoms. The van der Waals surface area contributed by atoms with Crippen LogP contribution in [-0.4, -0.2) is 10.9 Å². The van der Waals surface area contributed by atoms with E-state index in [2.05, 4.69) is 0 Å². The summed E-state index contributed by atoms with van der Waals surface area (Å²) in [5.74, 6) is -0.366. The fourth-order valence-corrected chi connectivity index (χ4v) is 1.36. The van der Waals surface area contributed by atoms with Gasteiger partial charge in [0.25, 0.3) is 0 Å². The summed E-state index contributed by atoms with van der Waals surface area (Å²) in [7, 11) is 0. The van der Waals surface area contributed by atoms with Crippen molar-refractivity contribution in [2.45, 2.75) is 27.7 Å². The van der Waals surface area contributed by atoms with Gasteiger partial charge in [0.15, 0.2) is 5.76 Å². The van der Waals surface area contributed by atoms with Crippen molar-refractivity contribution in [2.75, 3.05) is 0 Å². The molecule has 0 aromatic rings. The molecule has 1 rings (SSSR count). The number of hydrogen-bond donors (Lipinski definition) is 1. The summed E-state index contributed by atoms with van der Waals surface area (Å²) in [4.78, 5) is 11.2. The molecule has 0 aliphatic heterocycles. The Kier molecular flexibility index (Phi) is 1.86. The summed E-state index contributed by atoms with van der Waals surface area (Å²) in [5, 5.41) is 9.28. The molecule has 0 fully saturated rings. The van der Waals surface area contributed by atoms with E-state index in [4.69, 9.17) is 0 Å². The normalized spacial score (nSPS) is 22.7. The topological polar surface area (TPSA) is 37.3 Å². The van der Waals surface area contributed by atoms with Crippen LogP contribution in [0.5, 0.6) is 0 Å². The van der Waals surface area contributed by atoms with Crippen molar-refractivity contribution >= 4 is 5.78 Å². The highest BCUT2D eigenvalue weighted by molar-refractivity contribution is 6.07. The Labute approximate surface area is 72.6 Å². The molecule has 0 bridgehead atoms. The third kappa shape index (κ3) is 1.17. The smallest absolute Gasteiger partial charge is 0.222 e. The maximum atomic E-state index is 11.2. The van der Waals surface area contributed by atoms with E-state index in [1.165, 1.54) is 0 Å². The first-order valence-corrected chi connectivity index (χ1v) is 4.01. The van der Waals surface area contributed by atoms with E-state index in [-0.39, 0.29) is 17.0 Å². The van der Waals surface area contributed by atoms with Crippen LogP contribution in [0.25, 0.3) is 0 Å². The molecule has 0 aromatic heterocycles. The first-order valence-electron chi connectivity index (χ1n) is 4.01. The number of hydrogen-bond acceptors (Lipinski definition) is 2. The van der Waals surface area contributed by atoms with Crippen molar-refractivity contribution in [3.8, 4) is 0 Å². The Balaban J connectivity index is 3.24. The minimum Gasteiger partial charge on any atom is -0.504 e. The molecule has 0 saturated heterocycles. The summed E-state index contributed by atoms with van der Waals surface area (Å²) < 4.78 is 0. The van der Waals surface area contributed by atoms with Crippen molar-refractivity contribution in [3.05, 3.63) is 23.0 Å². The molecule has 66 valence electrons. The monoisotopic (exact) mass is 166 g/mol. The largest absolute Gasteiger partial charge is 0.504 e. The van der Waals surface area contributed by atoms with Crippen LogP contribution in [0.2, 0.25) is 0 Å². The van der Waals surface area contributed by atoms with Crippen LogP contribution >= 0.6 is 0 Å². The van der Waals surface area contributed by atoms with Gasteiger partial charge >= 0.3 is 0 Å². The quantitative estimate of drug-likeness (QED) is 0.599. The van der Waals surface area contributed by atoms with Gasteiger partial charge in [-0.2, -0.15) is 0 Å². The van der Waals surface area contributed by atoms with Gasteiger partial charge in [-0.3, -0.25) is 4.79 Å². The Morgan fingerprint density at radius 3 is 2.33 bits per heavy atom. The molecule has 0 heterocycles. The lowest BCUT2D eigenvalue weighted by molar-refractivity contribution is -0.114. The molecule has 12 heavy (non-hydrogen) atoms. The van der Waals surface area contributed by atoms with Gasteiger partial charge in [-0.15, -0.1) is 0 Å². The number of aliphatic hydroxyl groups excluding tert-OH is 1. The Morgan fingerprint density at radius 1 is 1.33 bits per heavy atom. The Hall–Kier alpha value is -1.05. The van der Waals surface area contributed by atoms with Gasteiger partial charge in [-0.1, -0.05) is 19.4 Å². The predicted octanol–water partition coefficient (Wildman–Crippen LogP) is 2.37. The van der Waals surface area contributed by atoms with Crippen molar-refractivity contribution < 1.29 is 9.90 Å². The summed E-state index contributed by atoms with van der Waals surface area (Å²) in [5.41, 5.74) is 1.51. The van der Waals surface area contributed by atoms with Gasteiger partial charge in [0.05, 0.1) is 0 Å². The van der Waals surface area contributed by atoms with Crippen LogP contribution in [0.15, 0.2) is 23.0 Å². The number of carbonyl (C=O) groups excluding carboxylic acids is 1. The standard InChI is InChI=1S/C10H14O2/c1-6-7(2)10(3,4)5-8(11)9(6)12/h5,11H,1-4H3. The zero-order chi connectivity index (χ0) is 9.52. The SMILES string of the molecule is CC1=C(C)C(C)(C)C=C(O)C1=O. The van der Waals surface area contributed by atoms with Crippen LogP contribution < -0.4 is 0 Å². The molecule has 1 N–H and O–H groups in total. The molecule has 1 aliphatic rings. The second-order valence-corrected chi connectivity index (χ2v) is 3.83. The van der Waals surface area contributed by atoms with Crippen molar-refractivity contribution in [1.82, 2.24) is 0 Å². The first kappa shape index (κ1) is 9.04. The molecular weight excluding hydrogens is 152 g/mol. The van der Waals surface area contributed by atoms with E-state index in [1.807, 2.05) is 20.8 Å². The van der Waals surface area contributed by atoms with Crippen molar-refractivity contribution in [3.63, 3.8) is 0 Å². The van der Waals surface area contributed by atoms with Gasteiger partial charge in [-0.25, -0.2) is 0 Å². The highest BCUT2D eigenvalue weighted by atomic mass is 16.3. The molecule has 1 aliphatic carbocycles. The van der Waals surface area contributed by atoms with E-state index in [1.54, 1.807) is 13.0 Å². The van der Waals surface area contributed by atoms with Crippen molar-refractivity contribution in [2.24, 2.45) is 5.41 Å². The average Bonchev–Trinajstić information content (AvgIpc) is 1.97. The average molecular weight is 166 g/mol. The van der Waals surface area contributed by atoms with Crippen molar-refractivity contribution in [1.29, 1.82) is 0 Å². The highest BCUT2D eigenvalue weighted by Crippen LogP contribution is 2.35. The number of rotatable bonds is 0. The number of Topliss-reactive ketones (excluding diaryl/α,β-unsaturated/α-hetero) is 1. The van der Waals surface area contributed by atoms with Gasteiger partial charge in [0.2, 0.25) is 5.78 Å².